The van der Waals surface area contributed by atoms with Crippen molar-refractivity contribution < 1.29 is 0 Å². The molecule has 0 radical (unpaired) electrons. The van der Waals surface area contributed by atoms with E-state index in [0.717, 1.165) is 18.6 Å². The van der Waals surface area contributed by atoms with Crippen molar-refractivity contribution in [1.82, 2.24) is 15.1 Å². The average molecular weight is 253 g/mol. The molecule has 1 unspecified atom stereocenters. The fourth-order valence-corrected chi connectivity index (χ4v) is 3.93. The first-order chi connectivity index (χ1) is 8.54. The number of hydrogen-bond donors (Lipinski definition) is 1. The van der Waals surface area contributed by atoms with E-state index in [9.17, 15) is 0 Å². The molecule has 0 aromatic heterocycles. The third kappa shape index (κ3) is 3.06. The Bertz CT molecular complexity index is 258. The summed E-state index contributed by atoms with van der Waals surface area (Å²) in [6.45, 7) is 8.45. The van der Waals surface area contributed by atoms with Crippen LogP contribution < -0.4 is 5.32 Å². The molecule has 0 amide bonds. The van der Waals surface area contributed by atoms with Crippen LogP contribution in [0, 0.1) is 0 Å². The van der Waals surface area contributed by atoms with Crippen LogP contribution in [0.4, 0.5) is 0 Å². The predicted molar refractivity (Wildman–Crippen MR) is 78.0 cm³/mol. The van der Waals surface area contributed by atoms with Crippen LogP contribution in [0.3, 0.4) is 0 Å². The number of rotatable bonds is 4. The molecule has 1 aliphatic heterocycles. The highest BCUT2D eigenvalue weighted by Gasteiger charge is 2.40. The first-order valence-corrected chi connectivity index (χ1v) is 7.66. The van der Waals surface area contributed by atoms with Gasteiger partial charge < -0.3 is 10.2 Å². The van der Waals surface area contributed by atoms with Crippen LogP contribution in [0.15, 0.2) is 0 Å². The van der Waals surface area contributed by atoms with Crippen LogP contribution >= 0.6 is 0 Å². The zero-order chi connectivity index (χ0) is 13.2. The van der Waals surface area contributed by atoms with Gasteiger partial charge in [-0.2, -0.15) is 0 Å². The van der Waals surface area contributed by atoms with Crippen LogP contribution in [0.5, 0.6) is 0 Å². The number of nitrogens with one attached hydrogen (secondary N) is 1. The van der Waals surface area contributed by atoms with Crippen LogP contribution in [-0.2, 0) is 0 Å². The predicted octanol–water partition coefficient (Wildman–Crippen LogP) is 1.93. The van der Waals surface area contributed by atoms with Crippen molar-refractivity contribution in [2.24, 2.45) is 0 Å². The molecule has 3 heteroatoms. The second-order valence-electron chi connectivity index (χ2n) is 6.86. The highest BCUT2D eigenvalue weighted by atomic mass is 15.3. The SMILES string of the molecule is CNCCC1CN(C2CCCC2)C(C)(C)CN1C. The number of nitrogens with zero attached hydrogens (tertiary/aromatic N) is 2. The summed E-state index contributed by atoms with van der Waals surface area (Å²) in [6, 6.07) is 1.58. The van der Waals surface area contributed by atoms with Gasteiger partial charge in [-0.15, -0.1) is 0 Å². The van der Waals surface area contributed by atoms with Crippen LogP contribution in [0.2, 0.25) is 0 Å². The van der Waals surface area contributed by atoms with Gasteiger partial charge in [-0.1, -0.05) is 12.8 Å². The Morgan fingerprint density at radius 1 is 1.22 bits per heavy atom. The van der Waals surface area contributed by atoms with E-state index in [4.69, 9.17) is 0 Å². The Kier molecular flexibility index (Phi) is 4.68. The molecule has 106 valence electrons. The Hall–Kier alpha value is -0.120. The molecule has 0 spiro atoms. The minimum absolute atomic E-state index is 0.347. The number of likely N-dealkylation sites (N-methyl/N-ethyl adjacent to an activating group) is 1. The van der Waals surface area contributed by atoms with E-state index in [0.29, 0.717) is 5.54 Å². The summed E-state index contributed by atoms with van der Waals surface area (Å²) >= 11 is 0. The minimum atomic E-state index is 0.347. The average Bonchev–Trinajstić information content (AvgIpc) is 2.80. The lowest BCUT2D eigenvalue weighted by Gasteiger charge is -2.52. The molecule has 1 N–H and O–H groups in total. The van der Waals surface area contributed by atoms with Gasteiger partial charge in [0.1, 0.15) is 0 Å². The summed E-state index contributed by atoms with van der Waals surface area (Å²) in [4.78, 5) is 5.39. The molecule has 1 atom stereocenters. The van der Waals surface area contributed by atoms with E-state index in [1.54, 1.807) is 0 Å². The molecule has 3 nitrogen and oxygen atoms in total. The molecule has 0 aromatic rings. The molecule has 2 fully saturated rings. The molecule has 0 aromatic carbocycles. The Balaban J connectivity index is 2.01. The largest absolute Gasteiger partial charge is 0.320 e. The fraction of sp³-hybridized carbons (Fsp3) is 1.00. The van der Waals surface area contributed by atoms with Crippen molar-refractivity contribution in [1.29, 1.82) is 0 Å². The lowest BCUT2D eigenvalue weighted by molar-refractivity contribution is -0.0330. The lowest BCUT2D eigenvalue weighted by Crippen LogP contribution is -2.64. The van der Waals surface area contributed by atoms with Crippen LogP contribution in [0.1, 0.15) is 46.0 Å². The third-order valence-electron chi connectivity index (χ3n) is 4.94. The first kappa shape index (κ1) is 14.3. The number of hydrogen-bond acceptors (Lipinski definition) is 3. The summed E-state index contributed by atoms with van der Waals surface area (Å²) in [5.41, 5.74) is 0.347. The Morgan fingerprint density at radius 3 is 2.50 bits per heavy atom. The highest BCUT2D eigenvalue weighted by Crippen LogP contribution is 2.33. The van der Waals surface area contributed by atoms with Crippen molar-refractivity contribution in [2.75, 3.05) is 33.7 Å². The molecule has 2 aliphatic rings. The molecular formula is C15H31N3. The maximum Gasteiger partial charge on any atom is 0.0283 e. The van der Waals surface area contributed by atoms with Gasteiger partial charge in [-0.3, -0.25) is 4.90 Å². The van der Waals surface area contributed by atoms with E-state index in [-0.39, 0.29) is 0 Å². The standard InChI is InChI=1S/C15H31N3/c1-15(2)12-17(4)14(9-10-16-3)11-18(15)13-7-5-6-8-13/h13-14,16H,5-12H2,1-4H3. The summed E-state index contributed by atoms with van der Waals surface area (Å²) < 4.78 is 0. The lowest BCUT2D eigenvalue weighted by atomic mass is 9.92. The molecule has 0 bridgehead atoms. The smallest absolute Gasteiger partial charge is 0.0283 e. The molecular weight excluding hydrogens is 222 g/mol. The highest BCUT2D eigenvalue weighted by molar-refractivity contribution is 4.97. The van der Waals surface area contributed by atoms with Gasteiger partial charge in [0.15, 0.2) is 0 Å². The zero-order valence-corrected chi connectivity index (χ0v) is 12.7. The van der Waals surface area contributed by atoms with E-state index in [1.165, 1.54) is 45.2 Å². The number of piperazine rings is 1. The van der Waals surface area contributed by atoms with Crippen LogP contribution in [-0.4, -0.2) is 61.2 Å². The molecule has 1 saturated heterocycles. The molecule has 1 saturated carbocycles. The fourth-order valence-electron chi connectivity index (χ4n) is 3.93. The van der Waals surface area contributed by atoms with Crippen molar-refractivity contribution in [3.8, 4) is 0 Å². The summed E-state index contributed by atoms with van der Waals surface area (Å²) in [5, 5.41) is 3.30. The summed E-state index contributed by atoms with van der Waals surface area (Å²) in [7, 11) is 4.36. The van der Waals surface area contributed by atoms with Crippen molar-refractivity contribution in [2.45, 2.75) is 63.6 Å². The van der Waals surface area contributed by atoms with Gasteiger partial charge in [-0.25, -0.2) is 0 Å². The minimum Gasteiger partial charge on any atom is -0.320 e. The van der Waals surface area contributed by atoms with E-state index in [1.807, 2.05) is 0 Å². The molecule has 18 heavy (non-hydrogen) atoms. The maximum atomic E-state index is 3.30. The van der Waals surface area contributed by atoms with Gasteiger partial charge in [-0.05, 0) is 53.8 Å². The quantitative estimate of drug-likeness (QED) is 0.826. The van der Waals surface area contributed by atoms with Gasteiger partial charge in [0, 0.05) is 30.7 Å². The van der Waals surface area contributed by atoms with Crippen molar-refractivity contribution in [3.05, 3.63) is 0 Å². The maximum absolute atomic E-state index is 3.30. The third-order valence-corrected chi connectivity index (χ3v) is 4.94. The first-order valence-electron chi connectivity index (χ1n) is 7.66. The topological polar surface area (TPSA) is 18.5 Å². The van der Waals surface area contributed by atoms with Gasteiger partial charge in [0.25, 0.3) is 0 Å². The van der Waals surface area contributed by atoms with Crippen LogP contribution in [0.25, 0.3) is 0 Å². The zero-order valence-electron chi connectivity index (χ0n) is 12.7. The monoisotopic (exact) mass is 253 g/mol. The normalized spacial score (nSPS) is 31.0. The Morgan fingerprint density at radius 2 is 1.89 bits per heavy atom. The van der Waals surface area contributed by atoms with E-state index in [2.05, 4.69) is 43.1 Å². The summed E-state index contributed by atoms with van der Waals surface area (Å²) in [6.07, 6.45) is 6.99. The van der Waals surface area contributed by atoms with Crippen molar-refractivity contribution >= 4 is 0 Å². The van der Waals surface area contributed by atoms with Gasteiger partial charge in [0.2, 0.25) is 0 Å². The molecule has 1 heterocycles. The van der Waals surface area contributed by atoms with E-state index >= 15 is 0 Å². The Labute approximate surface area is 113 Å². The van der Waals surface area contributed by atoms with Gasteiger partial charge >= 0.3 is 0 Å². The second-order valence-corrected chi connectivity index (χ2v) is 6.86. The molecule has 2 rings (SSSR count). The molecule has 1 aliphatic carbocycles. The second kappa shape index (κ2) is 5.89. The van der Waals surface area contributed by atoms with Gasteiger partial charge in [0.05, 0.1) is 0 Å². The van der Waals surface area contributed by atoms with E-state index < -0.39 is 0 Å². The summed E-state index contributed by atoms with van der Waals surface area (Å²) in [5.74, 6) is 0. The van der Waals surface area contributed by atoms with Crippen molar-refractivity contribution in [3.63, 3.8) is 0 Å².